The molecule has 0 amide bonds. The lowest BCUT2D eigenvalue weighted by molar-refractivity contribution is -0.136. The van der Waals surface area contributed by atoms with Crippen molar-refractivity contribution in [3.05, 3.63) is 57.8 Å². The molecule has 0 fully saturated rings. The van der Waals surface area contributed by atoms with E-state index in [1.807, 2.05) is 19.9 Å². The number of ether oxygens (including phenoxy) is 2. The van der Waals surface area contributed by atoms with Crippen molar-refractivity contribution in [3.63, 3.8) is 0 Å². The van der Waals surface area contributed by atoms with Crippen LogP contribution in [0.3, 0.4) is 0 Å². The Bertz CT molecular complexity index is 650. The summed E-state index contributed by atoms with van der Waals surface area (Å²) in [5.74, 6) is -0.654. The van der Waals surface area contributed by atoms with Gasteiger partial charge in [0.2, 0.25) is 0 Å². The lowest BCUT2D eigenvalue weighted by atomic mass is 10.1. The topological polar surface area (TPSA) is 35.5 Å². The van der Waals surface area contributed by atoms with Crippen LogP contribution in [0.15, 0.2) is 40.9 Å². The number of rotatable bonds is 4. The molecular weight excluding hydrogens is 339 g/mol. The molecule has 0 spiro atoms. The Labute approximate surface area is 130 Å². The predicted molar refractivity (Wildman–Crippen MR) is 81.1 cm³/mol. The number of aryl methyl sites for hydroxylation is 2. The lowest BCUT2D eigenvalue weighted by Gasteiger charge is -2.09. The Kier molecular flexibility index (Phi) is 4.96. The minimum absolute atomic E-state index is 0.00979. The zero-order valence-corrected chi connectivity index (χ0v) is 13.2. The van der Waals surface area contributed by atoms with Gasteiger partial charge in [0.05, 0.1) is 0 Å². The van der Waals surface area contributed by atoms with Crippen molar-refractivity contribution in [2.75, 3.05) is 6.61 Å². The van der Waals surface area contributed by atoms with Crippen LogP contribution in [-0.4, -0.2) is 12.6 Å². The summed E-state index contributed by atoms with van der Waals surface area (Å²) in [7, 11) is 0. The van der Waals surface area contributed by atoms with E-state index in [2.05, 4.69) is 15.9 Å². The van der Waals surface area contributed by atoms with Gasteiger partial charge in [-0.1, -0.05) is 22.0 Å². The van der Waals surface area contributed by atoms with Gasteiger partial charge in [-0.25, -0.2) is 9.18 Å². The molecular formula is C16H14BrFO3. The molecule has 0 atom stereocenters. The van der Waals surface area contributed by atoms with E-state index in [4.69, 9.17) is 9.47 Å². The highest BCUT2D eigenvalue weighted by atomic mass is 79.9. The van der Waals surface area contributed by atoms with Crippen LogP contribution in [0.5, 0.6) is 11.5 Å². The Morgan fingerprint density at radius 2 is 1.81 bits per heavy atom. The van der Waals surface area contributed by atoms with Gasteiger partial charge in [0.25, 0.3) is 0 Å². The Morgan fingerprint density at radius 1 is 1.14 bits per heavy atom. The van der Waals surface area contributed by atoms with Gasteiger partial charge in [-0.15, -0.1) is 0 Å². The van der Waals surface area contributed by atoms with Crippen LogP contribution >= 0.6 is 15.9 Å². The van der Waals surface area contributed by atoms with Crippen LogP contribution in [0, 0.1) is 19.7 Å². The lowest BCUT2D eigenvalue weighted by Crippen LogP contribution is -2.18. The van der Waals surface area contributed by atoms with Crippen LogP contribution in [0.1, 0.15) is 11.1 Å². The van der Waals surface area contributed by atoms with E-state index in [9.17, 15) is 9.18 Å². The van der Waals surface area contributed by atoms with Crippen molar-refractivity contribution >= 4 is 21.9 Å². The average molecular weight is 353 g/mol. The largest absolute Gasteiger partial charge is 0.479 e. The van der Waals surface area contributed by atoms with E-state index in [1.165, 1.54) is 12.1 Å². The first kappa shape index (κ1) is 15.5. The van der Waals surface area contributed by atoms with Gasteiger partial charge < -0.3 is 9.47 Å². The van der Waals surface area contributed by atoms with Gasteiger partial charge in [0, 0.05) is 4.47 Å². The number of halogens is 2. The molecule has 21 heavy (non-hydrogen) atoms. The standard InChI is InChI=1S/C16H14BrFO3/c1-10-5-11(2)7-13(6-10)21-16(19)9-20-15-4-3-12(17)8-14(15)18/h3-8H,9H2,1-2H3. The number of esters is 1. The summed E-state index contributed by atoms with van der Waals surface area (Å²) in [5, 5.41) is 0. The van der Waals surface area contributed by atoms with Crippen LogP contribution in [-0.2, 0) is 4.79 Å². The predicted octanol–water partition coefficient (Wildman–Crippen LogP) is 4.19. The van der Waals surface area contributed by atoms with Crippen molar-refractivity contribution in [3.8, 4) is 11.5 Å². The molecule has 110 valence electrons. The van der Waals surface area contributed by atoms with E-state index < -0.39 is 11.8 Å². The minimum atomic E-state index is -0.581. The van der Waals surface area contributed by atoms with Crippen molar-refractivity contribution in [2.24, 2.45) is 0 Å². The molecule has 0 saturated carbocycles. The van der Waals surface area contributed by atoms with Crippen LogP contribution in [0.25, 0.3) is 0 Å². The molecule has 0 aliphatic carbocycles. The number of benzene rings is 2. The van der Waals surface area contributed by atoms with Gasteiger partial charge in [-0.05, 0) is 55.3 Å². The zero-order valence-electron chi connectivity index (χ0n) is 11.7. The summed E-state index contributed by atoms with van der Waals surface area (Å²) in [5.41, 5.74) is 2.00. The molecule has 0 radical (unpaired) electrons. The molecule has 0 aliphatic rings. The molecule has 0 aromatic heterocycles. The van der Waals surface area contributed by atoms with Crippen molar-refractivity contribution in [1.82, 2.24) is 0 Å². The first-order valence-electron chi connectivity index (χ1n) is 6.31. The monoisotopic (exact) mass is 352 g/mol. The van der Waals surface area contributed by atoms with Crippen LogP contribution in [0.4, 0.5) is 4.39 Å². The number of hydrogen-bond donors (Lipinski definition) is 0. The average Bonchev–Trinajstić information content (AvgIpc) is 2.36. The van der Waals surface area contributed by atoms with Crippen LogP contribution < -0.4 is 9.47 Å². The maximum atomic E-state index is 13.5. The first-order chi connectivity index (χ1) is 9.94. The molecule has 0 aliphatic heterocycles. The maximum Gasteiger partial charge on any atom is 0.349 e. The Balaban J connectivity index is 1.95. The van der Waals surface area contributed by atoms with Crippen molar-refractivity contribution in [1.29, 1.82) is 0 Å². The molecule has 0 heterocycles. The second-order valence-corrected chi connectivity index (χ2v) is 5.58. The smallest absolute Gasteiger partial charge is 0.349 e. The molecule has 5 heteroatoms. The third-order valence-electron chi connectivity index (χ3n) is 2.67. The highest BCUT2D eigenvalue weighted by molar-refractivity contribution is 9.10. The maximum absolute atomic E-state index is 13.5. The molecule has 0 bridgehead atoms. The van der Waals surface area contributed by atoms with E-state index in [0.717, 1.165) is 11.1 Å². The fraction of sp³-hybridized carbons (Fsp3) is 0.188. The summed E-state index contributed by atoms with van der Waals surface area (Å²) in [6.45, 7) is 3.47. The van der Waals surface area contributed by atoms with Crippen LogP contribution in [0.2, 0.25) is 0 Å². The van der Waals surface area contributed by atoms with E-state index in [1.54, 1.807) is 18.2 Å². The molecule has 0 saturated heterocycles. The quantitative estimate of drug-likeness (QED) is 0.611. The molecule has 2 aromatic carbocycles. The molecule has 2 rings (SSSR count). The summed E-state index contributed by atoms with van der Waals surface area (Å²) in [6.07, 6.45) is 0. The van der Waals surface area contributed by atoms with Crippen molar-refractivity contribution < 1.29 is 18.7 Å². The van der Waals surface area contributed by atoms with Gasteiger partial charge in [-0.2, -0.15) is 0 Å². The molecule has 0 unspecified atom stereocenters. The van der Waals surface area contributed by atoms with Crippen molar-refractivity contribution in [2.45, 2.75) is 13.8 Å². The number of hydrogen-bond acceptors (Lipinski definition) is 3. The minimum Gasteiger partial charge on any atom is -0.479 e. The number of carbonyl (C=O) groups excluding carboxylic acids is 1. The third kappa shape index (κ3) is 4.56. The van der Waals surface area contributed by atoms with Gasteiger partial charge in [0.1, 0.15) is 5.75 Å². The highest BCUT2D eigenvalue weighted by Crippen LogP contribution is 2.21. The summed E-state index contributed by atoms with van der Waals surface area (Å²) in [6, 6.07) is 9.84. The first-order valence-corrected chi connectivity index (χ1v) is 7.10. The third-order valence-corrected chi connectivity index (χ3v) is 3.16. The summed E-state index contributed by atoms with van der Waals surface area (Å²) in [4.78, 5) is 11.7. The number of carbonyl (C=O) groups is 1. The molecule has 3 nitrogen and oxygen atoms in total. The van der Waals surface area contributed by atoms with E-state index >= 15 is 0 Å². The fourth-order valence-electron chi connectivity index (χ4n) is 1.88. The fourth-order valence-corrected chi connectivity index (χ4v) is 2.21. The zero-order chi connectivity index (χ0) is 15.4. The highest BCUT2D eigenvalue weighted by Gasteiger charge is 2.10. The Hall–Kier alpha value is -1.88. The van der Waals surface area contributed by atoms with Gasteiger partial charge in [-0.3, -0.25) is 0 Å². The summed E-state index contributed by atoms with van der Waals surface area (Å²) >= 11 is 3.15. The van der Waals surface area contributed by atoms with E-state index in [0.29, 0.717) is 10.2 Å². The van der Waals surface area contributed by atoms with Gasteiger partial charge in [0.15, 0.2) is 18.2 Å². The summed E-state index contributed by atoms with van der Waals surface area (Å²) < 4.78 is 24.4. The normalized spacial score (nSPS) is 10.3. The Morgan fingerprint density at radius 3 is 2.43 bits per heavy atom. The molecule has 2 aromatic rings. The molecule has 0 N–H and O–H groups in total. The second-order valence-electron chi connectivity index (χ2n) is 4.66. The van der Waals surface area contributed by atoms with E-state index in [-0.39, 0.29) is 12.4 Å². The van der Waals surface area contributed by atoms with Gasteiger partial charge >= 0.3 is 5.97 Å². The SMILES string of the molecule is Cc1cc(C)cc(OC(=O)COc2ccc(Br)cc2F)c1. The second kappa shape index (κ2) is 6.72.